The van der Waals surface area contributed by atoms with Gasteiger partial charge >= 0.3 is 5.97 Å². The van der Waals surface area contributed by atoms with Gasteiger partial charge in [-0.1, -0.05) is 13.8 Å². The molecule has 2 N–H and O–H groups in total. The second kappa shape index (κ2) is 7.33. The second-order valence-corrected chi connectivity index (χ2v) is 9.92. The smallest absolute Gasteiger partial charge is 0.302 e. The largest absolute Gasteiger partial charge is 0.472 e. The van der Waals surface area contributed by atoms with Crippen LogP contribution in [0.1, 0.15) is 65.0 Å². The molecular formula is C23H34O7. The fourth-order valence-corrected chi connectivity index (χ4v) is 6.86. The third-order valence-electron chi connectivity index (χ3n) is 8.69. The maximum absolute atomic E-state index is 11.9. The molecule has 2 aliphatic carbocycles. The van der Waals surface area contributed by atoms with Gasteiger partial charge in [-0.3, -0.25) is 4.79 Å². The van der Waals surface area contributed by atoms with Crippen LogP contribution in [0.4, 0.5) is 0 Å². The molecule has 7 nitrogen and oxygen atoms in total. The summed E-state index contributed by atoms with van der Waals surface area (Å²) in [5.74, 6) is -0.376. The van der Waals surface area contributed by atoms with Crippen LogP contribution in [-0.2, 0) is 19.0 Å². The molecule has 0 unspecified atom stereocenters. The summed E-state index contributed by atoms with van der Waals surface area (Å²) < 4.78 is 23.4. The van der Waals surface area contributed by atoms with Crippen molar-refractivity contribution in [1.29, 1.82) is 0 Å². The van der Waals surface area contributed by atoms with Crippen LogP contribution in [0.5, 0.6) is 0 Å². The Morgan fingerprint density at radius 2 is 2.00 bits per heavy atom. The molecule has 1 aliphatic heterocycles. The first-order valence-electron chi connectivity index (χ1n) is 10.9. The molecule has 30 heavy (non-hydrogen) atoms. The van der Waals surface area contributed by atoms with Crippen molar-refractivity contribution in [2.75, 3.05) is 7.11 Å². The number of aliphatic hydroxyl groups excluding tert-OH is 1. The van der Waals surface area contributed by atoms with Gasteiger partial charge in [-0.2, -0.15) is 0 Å². The molecule has 3 aliphatic rings. The highest BCUT2D eigenvalue weighted by molar-refractivity contribution is 5.66. The fraction of sp³-hybridized carbons (Fsp3) is 0.783. The third-order valence-corrected chi connectivity index (χ3v) is 8.69. The molecular weight excluding hydrogens is 388 g/mol. The van der Waals surface area contributed by atoms with E-state index in [0.717, 1.165) is 12.0 Å². The first kappa shape index (κ1) is 21.8. The van der Waals surface area contributed by atoms with E-state index < -0.39 is 34.9 Å². The van der Waals surface area contributed by atoms with Gasteiger partial charge in [0.2, 0.25) is 0 Å². The number of aliphatic hydroxyl groups is 2. The summed E-state index contributed by atoms with van der Waals surface area (Å²) in [4.78, 5) is 11.9. The number of carbonyl (C=O) groups is 1. The number of hydrogen-bond donors (Lipinski definition) is 2. The van der Waals surface area contributed by atoms with Crippen molar-refractivity contribution in [2.24, 2.45) is 22.7 Å². The Kier molecular flexibility index (Phi) is 5.33. The number of fused-ring (bicyclic) bond motifs is 2. The maximum Gasteiger partial charge on any atom is 0.302 e. The van der Waals surface area contributed by atoms with Gasteiger partial charge in [-0.05, 0) is 44.6 Å². The molecule has 2 heterocycles. The summed E-state index contributed by atoms with van der Waals surface area (Å²) in [5, 5.41) is 22.2. The fourth-order valence-electron chi connectivity index (χ4n) is 6.86. The van der Waals surface area contributed by atoms with E-state index in [4.69, 9.17) is 18.6 Å². The van der Waals surface area contributed by atoms with Crippen LogP contribution in [0.2, 0.25) is 0 Å². The zero-order valence-electron chi connectivity index (χ0n) is 18.5. The van der Waals surface area contributed by atoms with Gasteiger partial charge < -0.3 is 28.8 Å². The van der Waals surface area contributed by atoms with Gasteiger partial charge in [0.15, 0.2) is 6.29 Å². The van der Waals surface area contributed by atoms with Gasteiger partial charge in [0.25, 0.3) is 0 Å². The quantitative estimate of drug-likeness (QED) is 0.722. The van der Waals surface area contributed by atoms with E-state index in [1.54, 1.807) is 26.6 Å². The van der Waals surface area contributed by atoms with Gasteiger partial charge in [-0.25, -0.2) is 0 Å². The number of esters is 1. The zero-order chi connectivity index (χ0) is 21.9. The average molecular weight is 423 g/mol. The normalized spacial score (nSPS) is 48.5. The summed E-state index contributed by atoms with van der Waals surface area (Å²) >= 11 is 0. The van der Waals surface area contributed by atoms with E-state index in [2.05, 4.69) is 6.92 Å². The molecule has 3 fully saturated rings. The van der Waals surface area contributed by atoms with Crippen LogP contribution in [-0.4, -0.2) is 47.4 Å². The zero-order valence-corrected chi connectivity index (χ0v) is 18.5. The predicted octanol–water partition coefficient (Wildman–Crippen LogP) is 3.20. The maximum atomic E-state index is 11.9. The summed E-state index contributed by atoms with van der Waals surface area (Å²) in [6.07, 6.45) is 3.72. The van der Waals surface area contributed by atoms with Crippen molar-refractivity contribution in [3.63, 3.8) is 0 Å². The van der Waals surface area contributed by atoms with Crippen LogP contribution in [0, 0.1) is 22.7 Å². The van der Waals surface area contributed by atoms with Crippen molar-refractivity contribution < 1.29 is 33.6 Å². The SMILES string of the molecule is CO[C@@H]1O[C@H](c2ccoc2)C[C@]12[C@@H](C)[C@@H](OC(C)=O)C[C@@]1(C)[C@H]2CC[C@H](O)[C@]1(C)O. The van der Waals surface area contributed by atoms with Crippen molar-refractivity contribution in [1.82, 2.24) is 0 Å². The van der Waals surface area contributed by atoms with E-state index in [-0.39, 0.29) is 23.9 Å². The molecule has 0 amide bonds. The van der Waals surface area contributed by atoms with Crippen LogP contribution in [0.3, 0.4) is 0 Å². The van der Waals surface area contributed by atoms with Gasteiger partial charge in [0.05, 0.1) is 30.3 Å². The summed E-state index contributed by atoms with van der Waals surface area (Å²) in [5.41, 5.74) is -1.55. The third kappa shape index (κ3) is 2.89. The molecule has 1 saturated heterocycles. The Bertz CT molecular complexity index is 775. The van der Waals surface area contributed by atoms with Crippen molar-refractivity contribution in [3.05, 3.63) is 24.2 Å². The topological polar surface area (TPSA) is 98.4 Å². The van der Waals surface area contributed by atoms with E-state index in [1.165, 1.54) is 6.92 Å². The summed E-state index contributed by atoms with van der Waals surface area (Å²) in [7, 11) is 1.64. The summed E-state index contributed by atoms with van der Waals surface area (Å²) in [6.45, 7) is 7.24. The van der Waals surface area contributed by atoms with Crippen LogP contribution < -0.4 is 0 Å². The van der Waals surface area contributed by atoms with Gasteiger partial charge in [0.1, 0.15) is 6.10 Å². The molecule has 168 valence electrons. The minimum atomic E-state index is -1.33. The standard InChI is InChI=1S/C23H34O7/c1-13-16(29-14(2)24)10-21(3)18(6-7-19(25)22(21,4)26)23(13)11-17(30-20(23)27-5)15-8-9-28-12-15/h8-9,12-13,16-20,25-26H,6-7,10-11H2,1-5H3/t13-,16-,17-,18+,19-,20+,21-,22-,23+/m0/s1. The number of furan rings is 1. The van der Waals surface area contributed by atoms with E-state index in [0.29, 0.717) is 19.3 Å². The number of hydrogen-bond acceptors (Lipinski definition) is 7. The van der Waals surface area contributed by atoms with E-state index >= 15 is 0 Å². The molecule has 1 aromatic rings. The first-order valence-corrected chi connectivity index (χ1v) is 10.9. The Morgan fingerprint density at radius 3 is 2.60 bits per heavy atom. The number of rotatable bonds is 3. The van der Waals surface area contributed by atoms with E-state index in [9.17, 15) is 15.0 Å². The lowest BCUT2D eigenvalue weighted by molar-refractivity contribution is -0.291. The second-order valence-electron chi connectivity index (χ2n) is 9.92. The Hall–Kier alpha value is -1.41. The first-order chi connectivity index (χ1) is 14.1. The lowest BCUT2D eigenvalue weighted by Gasteiger charge is -2.65. The van der Waals surface area contributed by atoms with E-state index in [1.807, 2.05) is 13.0 Å². The highest BCUT2D eigenvalue weighted by Gasteiger charge is 2.71. The Balaban J connectivity index is 1.83. The molecule has 4 rings (SSSR count). The molecule has 1 aromatic heterocycles. The lowest BCUT2D eigenvalue weighted by atomic mass is 9.42. The average Bonchev–Trinajstić information content (AvgIpc) is 3.32. The molecule has 1 spiro atoms. The predicted molar refractivity (Wildman–Crippen MR) is 107 cm³/mol. The molecule has 0 aromatic carbocycles. The van der Waals surface area contributed by atoms with Crippen LogP contribution in [0.25, 0.3) is 0 Å². The number of ether oxygens (including phenoxy) is 3. The molecule has 2 saturated carbocycles. The molecule has 0 radical (unpaired) electrons. The minimum Gasteiger partial charge on any atom is -0.472 e. The van der Waals surface area contributed by atoms with Crippen molar-refractivity contribution in [3.8, 4) is 0 Å². The van der Waals surface area contributed by atoms with Crippen LogP contribution in [0.15, 0.2) is 23.0 Å². The highest BCUT2D eigenvalue weighted by Crippen LogP contribution is 2.69. The molecule has 7 heteroatoms. The van der Waals surface area contributed by atoms with Gasteiger partial charge in [0, 0.05) is 36.3 Å². The lowest BCUT2D eigenvalue weighted by Crippen LogP contribution is -2.69. The number of carbonyl (C=O) groups excluding carboxylic acids is 1. The Labute approximate surface area is 177 Å². The Morgan fingerprint density at radius 1 is 1.27 bits per heavy atom. The highest BCUT2D eigenvalue weighted by atomic mass is 16.7. The molecule has 0 bridgehead atoms. The van der Waals surface area contributed by atoms with Crippen LogP contribution >= 0.6 is 0 Å². The monoisotopic (exact) mass is 422 g/mol. The minimum absolute atomic E-state index is 0.0204. The van der Waals surface area contributed by atoms with Gasteiger partial charge in [-0.15, -0.1) is 0 Å². The van der Waals surface area contributed by atoms with Crippen molar-refractivity contribution in [2.45, 2.75) is 83.6 Å². The summed E-state index contributed by atoms with van der Waals surface area (Å²) in [6, 6.07) is 1.90. The molecule has 9 atom stereocenters. The number of methoxy groups -OCH3 is 1. The van der Waals surface area contributed by atoms with Crippen molar-refractivity contribution >= 4 is 5.97 Å².